The van der Waals surface area contributed by atoms with Crippen molar-refractivity contribution in [1.29, 1.82) is 0 Å². The number of ether oxygens (including phenoxy) is 2. The van der Waals surface area contributed by atoms with Gasteiger partial charge in [-0.1, -0.05) is 54.3 Å². The fourth-order valence-corrected chi connectivity index (χ4v) is 4.86. The van der Waals surface area contributed by atoms with E-state index in [0.717, 1.165) is 22.2 Å². The quantitative estimate of drug-likeness (QED) is 0.386. The minimum absolute atomic E-state index is 0.0242. The van der Waals surface area contributed by atoms with Crippen molar-refractivity contribution < 1.29 is 14.3 Å². The molecule has 0 atom stereocenters. The summed E-state index contributed by atoms with van der Waals surface area (Å²) >= 11 is 6.69. The average molecular weight is 439 g/mol. The molecule has 1 aliphatic rings. The minimum Gasteiger partial charge on any atom is -0.493 e. The van der Waals surface area contributed by atoms with Gasteiger partial charge in [-0.2, -0.15) is 0 Å². The molecule has 0 bridgehead atoms. The summed E-state index contributed by atoms with van der Waals surface area (Å²) in [5.41, 5.74) is 2.10. The fraction of sp³-hybridized carbons (Fsp3) is 0.217. The van der Waals surface area contributed by atoms with E-state index in [1.807, 2.05) is 49.4 Å². The van der Waals surface area contributed by atoms with Crippen molar-refractivity contribution in [2.75, 3.05) is 20.3 Å². The third-order valence-corrected chi connectivity index (χ3v) is 6.33. The standard InChI is InChI=1S/C23H22N2O3S2/c1-3-25-22(26)21(30-23(25)29)14-16-15-24(18-9-5-4-8-17(16)18)12-13-28-20-11-7-6-10-19(20)27-2/h4-11,14-15H,3,12-13H2,1-2H3/b21-14-. The number of para-hydroxylation sites is 3. The van der Waals surface area contributed by atoms with Gasteiger partial charge in [0.25, 0.3) is 5.91 Å². The lowest BCUT2D eigenvalue weighted by Crippen LogP contribution is -2.27. The number of hydrogen-bond acceptors (Lipinski definition) is 5. The van der Waals surface area contributed by atoms with Crippen molar-refractivity contribution in [3.8, 4) is 11.5 Å². The number of likely N-dealkylation sites (N-methyl/N-ethyl adjacent to an activating group) is 1. The maximum atomic E-state index is 12.6. The molecule has 154 valence electrons. The summed E-state index contributed by atoms with van der Waals surface area (Å²) in [7, 11) is 1.63. The Morgan fingerprint density at radius 3 is 2.57 bits per heavy atom. The summed E-state index contributed by atoms with van der Waals surface area (Å²) in [4.78, 5) is 14.9. The maximum absolute atomic E-state index is 12.6. The highest BCUT2D eigenvalue weighted by molar-refractivity contribution is 8.26. The summed E-state index contributed by atoms with van der Waals surface area (Å²) < 4.78 is 14.0. The molecule has 0 N–H and O–H groups in total. The van der Waals surface area contributed by atoms with Crippen molar-refractivity contribution in [3.05, 3.63) is 65.2 Å². The number of benzene rings is 2. The monoisotopic (exact) mass is 438 g/mol. The first-order valence-corrected chi connectivity index (χ1v) is 10.9. The lowest BCUT2D eigenvalue weighted by atomic mass is 10.1. The van der Waals surface area contributed by atoms with Crippen LogP contribution in [0.2, 0.25) is 0 Å². The Morgan fingerprint density at radius 2 is 1.83 bits per heavy atom. The van der Waals surface area contributed by atoms with Gasteiger partial charge in [-0.3, -0.25) is 9.69 Å². The molecule has 0 spiro atoms. The molecular weight excluding hydrogens is 416 g/mol. The molecule has 0 aliphatic carbocycles. The van der Waals surface area contributed by atoms with Crippen molar-refractivity contribution in [3.63, 3.8) is 0 Å². The van der Waals surface area contributed by atoms with E-state index >= 15 is 0 Å². The second-order valence-electron chi connectivity index (χ2n) is 6.72. The molecule has 1 saturated heterocycles. The van der Waals surface area contributed by atoms with Gasteiger partial charge in [0.05, 0.1) is 18.6 Å². The second kappa shape index (κ2) is 8.93. The molecule has 2 heterocycles. The molecule has 1 aromatic heterocycles. The van der Waals surface area contributed by atoms with Crippen LogP contribution >= 0.6 is 24.0 Å². The van der Waals surface area contributed by atoms with Crippen LogP contribution in [0.4, 0.5) is 0 Å². The first kappa shape index (κ1) is 20.5. The molecule has 0 radical (unpaired) electrons. The van der Waals surface area contributed by atoms with Crippen LogP contribution in [0, 0.1) is 0 Å². The van der Waals surface area contributed by atoms with Gasteiger partial charge in [0.15, 0.2) is 11.5 Å². The molecule has 4 rings (SSSR count). The number of fused-ring (bicyclic) bond motifs is 1. The number of thioether (sulfide) groups is 1. The molecule has 1 fully saturated rings. The third kappa shape index (κ3) is 3.95. The molecule has 0 unspecified atom stereocenters. The Labute approximate surface area is 185 Å². The van der Waals surface area contributed by atoms with E-state index in [1.54, 1.807) is 12.0 Å². The van der Waals surface area contributed by atoms with Gasteiger partial charge in [0.2, 0.25) is 0 Å². The lowest BCUT2D eigenvalue weighted by molar-refractivity contribution is -0.121. The van der Waals surface area contributed by atoms with Crippen LogP contribution in [0.3, 0.4) is 0 Å². The topological polar surface area (TPSA) is 43.7 Å². The summed E-state index contributed by atoms with van der Waals surface area (Å²) in [5.74, 6) is 1.41. The van der Waals surface area contributed by atoms with Crippen molar-refractivity contribution in [2.45, 2.75) is 13.5 Å². The molecule has 1 aliphatic heterocycles. The summed E-state index contributed by atoms with van der Waals surface area (Å²) in [6.07, 6.45) is 4.00. The van der Waals surface area contributed by atoms with Crippen molar-refractivity contribution >= 4 is 51.2 Å². The molecule has 1 amide bonds. The molecule has 3 aromatic rings. The smallest absolute Gasteiger partial charge is 0.266 e. The Morgan fingerprint density at radius 1 is 1.10 bits per heavy atom. The zero-order chi connectivity index (χ0) is 21.1. The predicted molar refractivity (Wildman–Crippen MR) is 126 cm³/mol. The molecule has 2 aromatic carbocycles. The predicted octanol–water partition coefficient (Wildman–Crippen LogP) is 4.95. The summed E-state index contributed by atoms with van der Waals surface area (Å²) in [6, 6.07) is 15.8. The fourth-order valence-electron chi connectivity index (χ4n) is 3.48. The Bertz CT molecular complexity index is 1140. The van der Waals surface area contributed by atoms with E-state index in [4.69, 9.17) is 21.7 Å². The van der Waals surface area contributed by atoms with E-state index in [0.29, 0.717) is 34.7 Å². The maximum Gasteiger partial charge on any atom is 0.266 e. The highest BCUT2D eigenvalue weighted by Gasteiger charge is 2.30. The number of hydrogen-bond donors (Lipinski definition) is 0. The van der Waals surface area contributed by atoms with Crippen molar-refractivity contribution in [1.82, 2.24) is 9.47 Å². The van der Waals surface area contributed by atoms with E-state index < -0.39 is 0 Å². The molecule has 30 heavy (non-hydrogen) atoms. The van der Waals surface area contributed by atoms with Crippen molar-refractivity contribution in [2.24, 2.45) is 0 Å². The number of carbonyl (C=O) groups is 1. The van der Waals surface area contributed by atoms with Gasteiger partial charge in [-0.25, -0.2) is 0 Å². The number of rotatable bonds is 7. The van der Waals surface area contributed by atoms with E-state index in [9.17, 15) is 4.79 Å². The first-order chi connectivity index (χ1) is 14.6. The van der Waals surface area contributed by atoms with Gasteiger partial charge < -0.3 is 14.0 Å². The SMILES string of the molecule is CCN1C(=O)/C(=C/c2cn(CCOc3ccccc3OC)c3ccccc23)SC1=S. The van der Waals surface area contributed by atoms with Crippen LogP contribution < -0.4 is 9.47 Å². The van der Waals surface area contributed by atoms with Gasteiger partial charge in [-0.15, -0.1) is 0 Å². The summed E-state index contributed by atoms with van der Waals surface area (Å²) in [5, 5.41) is 1.09. The highest BCUT2D eigenvalue weighted by atomic mass is 32.2. The van der Waals surface area contributed by atoms with Gasteiger partial charge in [0, 0.05) is 29.2 Å². The average Bonchev–Trinajstić information content (AvgIpc) is 3.25. The van der Waals surface area contributed by atoms with Crippen LogP contribution in [0.5, 0.6) is 11.5 Å². The Kier molecular flexibility index (Phi) is 6.11. The number of thiocarbonyl (C=S) groups is 1. The zero-order valence-corrected chi connectivity index (χ0v) is 18.5. The normalized spacial score (nSPS) is 15.4. The van der Waals surface area contributed by atoms with E-state index in [1.165, 1.54) is 11.8 Å². The van der Waals surface area contributed by atoms with Gasteiger partial charge >= 0.3 is 0 Å². The van der Waals surface area contributed by atoms with Gasteiger partial charge in [-0.05, 0) is 31.2 Å². The largest absolute Gasteiger partial charge is 0.493 e. The minimum atomic E-state index is -0.0242. The van der Waals surface area contributed by atoms with E-state index in [2.05, 4.69) is 22.9 Å². The number of methoxy groups -OCH3 is 1. The number of amides is 1. The first-order valence-electron chi connectivity index (χ1n) is 9.71. The van der Waals surface area contributed by atoms with Gasteiger partial charge in [0.1, 0.15) is 10.9 Å². The van der Waals surface area contributed by atoms with Crippen LogP contribution in [0.25, 0.3) is 17.0 Å². The number of nitrogens with zero attached hydrogens (tertiary/aromatic N) is 2. The molecular formula is C23H22N2O3S2. The van der Waals surface area contributed by atoms with E-state index in [-0.39, 0.29) is 5.91 Å². The second-order valence-corrected chi connectivity index (χ2v) is 8.40. The van der Waals surface area contributed by atoms with Crippen LogP contribution in [-0.2, 0) is 11.3 Å². The summed E-state index contributed by atoms with van der Waals surface area (Å²) in [6.45, 7) is 3.68. The molecule has 0 saturated carbocycles. The highest BCUT2D eigenvalue weighted by Crippen LogP contribution is 2.34. The third-order valence-electron chi connectivity index (χ3n) is 4.95. The zero-order valence-electron chi connectivity index (χ0n) is 16.8. The Hall–Kier alpha value is -2.77. The number of aromatic nitrogens is 1. The number of carbonyl (C=O) groups excluding carboxylic acids is 1. The van der Waals surface area contributed by atoms with Crippen LogP contribution in [-0.4, -0.2) is 40.0 Å². The lowest BCUT2D eigenvalue weighted by Gasteiger charge is -2.11. The molecule has 7 heteroatoms. The Balaban J connectivity index is 1.58. The van der Waals surface area contributed by atoms with Crippen LogP contribution in [0.15, 0.2) is 59.6 Å². The molecule has 5 nitrogen and oxygen atoms in total. The van der Waals surface area contributed by atoms with Crippen LogP contribution in [0.1, 0.15) is 12.5 Å².